The third kappa shape index (κ3) is 5.74. The van der Waals surface area contributed by atoms with Gasteiger partial charge in [0.1, 0.15) is 6.61 Å². The first-order chi connectivity index (χ1) is 10.6. The van der Waals surface area contributed by atoms with E-state index in [1.807, 2.05) is 0 Å². The quantitative estimate of drug-likeness (QED) is 0.237. The lowest BCUT2D eigenvalue weighted by atomic mass is 10.2. The smallest absolute Gasteiger partial charge is 0.364 e. The lowest BCUT2D eigenvalue weighted by Gasteiger charge is -2.05. The number of hydrogen-bond donors (Lipinski definition) is 0. The fourth-order valence-corrected chi connectivity index (χ4v) is 1.38. The molecule has 0 aliphatic rings. The average molecular weight is 307 g/mol. The van der Waals surface area contributed by atoms with Crippen molar-refractivity contribution in [3.8, 4) is 0 Å². The number of carbonyl (C=O) groups is 3. The zero-order valence-corrected chi connectivity index (χ0v) is 12.4. The van der Waals surface area contributed by atoms with Crippen molar-refractivity contribution in [3.05, 3.63) is 35.9 Å². The summed E-state index contributed by atoms with van der Waals surface area (Å²) in [7, 11) is 0. The van der Waals surface area contributed by atoms with E-state index >= 15 is 0 Å². The van der Waals surface area contributed by atoms with Crippen molar-refractivity contribution < 1.29 is 28.7 Å². The van der Waals surface area contributed by atoms with Gasteiger partial charge in [0.05, 0.1) is 12.2 Å². The van der Waals surface area contributed by atoms with Gasteiger partial charge < -0.3 is 14.3 Å². The van der Waals surface area contributed by atoms with E-state index in [9.17, 15) is 14.4 Å². The fourth-order valence-electron chi connectivity index (χ4n) is 1.38. The van der Waals surface area contributed by atoms with Crippen LogP contribution in [0, 0.1) is 0 Å². The number of esters is 2. The molecule has 0 aliphatic carbocycles. The molecule has 22 heavy (non-hydrogen) atoms. The van der Waals surface area contributed by atoms with Crippen molar-refractivity contribution in [3.63, 3.8) is 0 Å². The van der Waals surface area contributed by atoms with E-state index in [0.717, 1.165) is 0 Å². The monoisotopic (exact) mass is 307 g/mol. The molecule has 0 amide bonds. The predicted octanol–water partition coefficient (Wildman–Crippen LogP) is 1.37. The van der Waals surface area contributed by atoms with Crippen LogP contribution < -0.4 is 0 Å². The van der Waals surface area contributed by atoms with Crippen LogP contribution in [-0.4, -0.2) is 43.3 Å². The van der Waals surface area contributed by atoms with Crippen LogP contribution >= 0.6 is 0 Å². The Kier molecular flexibility index (Phi) is 7.32. The molecule has 1 aromatic carbocycles. The van der Waals surface area contributed by atoms with Gasteiger partial charge >= 0.3 is 11.9 Å². The van der Waals surface area contributed by atoms with Gasteiger partial charge in [-0.2, -0.15) is 0 Å². The van der Waals surface area contributed by atoms with Crippen LogP contribution in [-0.2, 0) is 23.9 Å². The molecule has 0 atom stereocenters. The Bertz CT molecular complexity index is 552. The third-order valence-corrected chi connectivity index (χ3v) is 2.38. The van der Waals surface area contributed by atoms with Crippen molar-refractivity contribution in [2.45, 2.75) is 13.8 Å². The summed E-state index contributed by atoms with van der Waals surface area (Å²) in [5.74, 6) is -1.92. The molecular weight excluding hydrogens is 290 g/mol. The highest BCUT2D eigenvalue weighted by Gasteiger charge is 2.18. The van der Waals surface area contributed by atoms with Crippen molar-refractivity contribution in [2.75, 3.05) is 19.8 Å². The van der Waals surface area contributed by atoms with E-state index in [1.165, 1.54) is 6.92 Å². The molecule has 0 radical (unpaired) electrons. The zero-order valence-electron chi connectivity index (χ0n) is 12.4. The lowest BCUT2D eigenvalue weighted by molar-refractivity contribution is -0.136. The summed E-state index contributed by atoms with van der Waals surface area (Å²) in [4.78, 5) is 39.0. The van der Waals surface area contributed by atoms with Crippen molar-refractivity contribution in [2.24, 2.45) is 5.16 Å². The number of Topliss-reactive ketones (excluding diaryl/α,β-unsaturated/α-hetero) is 1. The number of oxime groups is 1. The van der Waals surface area contributed by atoms with Gasteiger partial charge in [-0.3, -0.25) is 4.79 Å². The molecular formula is C15H17NO6. The second kappa shape index (κ2) is 9.28. The molecule has 7 heteroatoms. The maximum absolute atomic E-state index is 11.6. The first kappa shape index (κ1) is 17.4. The molecule has 7 nitrogen and oxygen atoms in total. The average Bonchev–Trinajstić information content (AvgIpc) is 2.51. The van der Waals surface area contributed by atoms with Gasteiger partial charge in [-0.05, 0) is 19.1 Å². The standard InChI is InChI=1S/C15H17NO6/c1-3-20-15(19)13(11(2)17)16-22-10-9-21-14(18)12-7-5-4-6-8-12/h4-8H,3,9-10H2,1-2H3. The zero-order chi connectivity index (χ0) is 16.4. The second-order valence-electron chi connectivity index (χ2n) is 4.05. The molecule has 1 aromatic rings. The minimum absolute atomic E-state index is 0.0642. The van der Waals surface area contributed by atoms with E-state index in [1.54, 1.807) is 37.3 Å². The van der Waals surface area contributed by atoms with Crippen LogP contribution in [0.1, 0.15) is 24.2 Å². The van der Waals surface area contributed by atoms with Crippen LogP contribution in [0.4, 0.5) is 0 Å². The summed E-state index contributed by atoms with van der Waals surface area (Å²) < 4.78 is 9.61. The fraction of sp³-hybridized carbons (Fsp3) is 0.333. The highest BCUT2D eigenvalue weighted by atomic mass is 16.6. The molecule has 0 saturated carbocycles. The molecule has 0 unspecified atom stereocenters. The molecule has 0 saturated heterocycles. The summed E-state index contributed by atoms with van der Waals surface area (Å²) in [5.41, 5.74) is -0.0156. The van der Waals surface area contributed by atoms with E-state index in [4.69, 9.17) is 9.57 Å². The maximum atomic E-state index is 11.6. The van der Waals surface area contributed by atoms with Crippen molar-refractivity contribution in [1.29, 1.82) is 0 Å². The van der Waals surface area contributed by atoms with E-state index in [2.05, 4.69) is 9.89 Å². The Morgan fingerprint density at radius 2 is 1.73 bits per heavy atom. The van der Waals surface area contributed by atoms with Gasteiger partial charge in [-0.25, -0.2) is 9.59 Å². The third-order valence-electron chi connectivity index (χ3n) is 2.38. The first-order valence-electron chi connectivity index (χ1n) is 6.66. The molecule has 0 aliphatic heterocycles. The molecule has 0 spiro atoms. The highest BCUT2D eigenvalue weighted by molar-refractivity contribution is 6.63. The number of hydrogen-bond acceptors (Lipinski definition) is 7. The largest absolute Gasteiger partial charge is 0.461 e. The van der Waals surface area contributed by atoms with Gasteiger partial charge in [0.15, 0.2) is 12.4 Å². The number of ether oxygens (including phenoxy) is 2. The summed E-state index contributed by atoms with van der Waals surface area (Å²) in [5, 5.41) is 3.41. The topological polar surface area (TPSA) is 91.3 Å². The highest BCUT2D eigenvalue weighted by Crippen LogP contribution is 2.00. The minimum Gasteiger partial charge on any atom is -0.461 e. The summed E-state index contributed by atoms with van der Waals surface area (Å²) >= 11 is 0. The summed E-state index contributed by atoms with van der Waals surface area (Å²) in [6.07, 6.45) is 0. The number of rotatable bonds is 8. The Morgan fingerprint density at radius 3 is 2.32 bits per heavy atom. The summed E-state index contributed by atoms with van der Waals surface area (Å²) in [6.45, 7) is 2.76. The normalized spacial score (nSPS) is 10.7. The second-order valence-corrected chi connectivity index (χ2v) is 4.05. The van der Waals surface area contributed by atoms with Crippen LogP contribution in [0.15, 0.2) is 35.5 Å². The van der Waals surface area contributed by atoms with Crippen LogP contribution in [0.25, 0.3) is 0 Å². The number of nitrogens with zero attached hydrogens (tertiary/aromatic N) is 1. The predicted molar refractivity (Wildman–Crippen MR) is 77.4 cm³/mol. The van der Waals surface area contributed by atoms with Gasteiger partial charge in [0.2, 0.25) is 5.71 Å². The number of benzene rings is 1. The van der Waals surface area contributed by atoms with Crippen LogP contribution in [0.5, 0.6) is 0 Å². The Morgan fingerprint density at radius 1 is 1.05 bits per heavy atom. The first-order valence-corrected chi connectivity index (χ1v) is 6.66. The minimum atomic E-state index is -0.851. The van der Waals surface area contributed by atoms with Gasteiger partial charge in [0.25, 0.3) is 0 Å². The van der Waals surface area contributed by atoms with Crippen molar-refractivity contribution in [1.82, 2.24) is 0 Å². The van der Waals surface area contributed by atoms with E-state index in [0.29, 0.717) is 5.56 Å². The van der Waals surface area contributed by atoms with E-state index < -0.39 is 23.4 Å². The van der Waals surface area contributed by atoms with E-state index in [-0.39, 0.29) is 19.8 Å². The van der Waals surface area contributed by atoms with Gasteiger partial charge in [-0.15, -0.1) is 0 Å². The lowest BCUT2D eigenvalue weighted by Crippen LogP contribution is -2.25. The molecule has 0 aromatic heterocycles. The molecule has 0 heterocycles. The Labute approximate surface area is 127 Å². The molecule has 0 bridgehead atoms. The molecule has 0 fully saturated rings. The maximum Gasteiger partial charge on any atom is 0.364 e. The Balaban J connectivity index is 2.39. The Hall–Kier alpha value is -2.70. The molecule has 118 valence electrons. The van der Waals surface area contributed by atoms with Crippen LogP contribution in [0.3, 0.4) is 0 Å². The van der Waals surface area contributed by atoms with Crippen molar-refractivity contribution >= 4 is 23.4 Å². The number of carbonyl (C=O) groups excluding carboxylic acids is 3. The number of ketones is 1. The summed E-state index contributed by atoms with van der Waals surface area (Å²) in [6, 6.07) is 8.46. The SMILES string of the molecule is CCOC(=O)C(=NOCCOC(=O)c1ccccc1)C(C)=O. The molecule has 0 N–H and O–H groups in total. The molecule has 1 rings (SSSR count). The van der Waals surface area contributed by atoms with Crippen LogP contribution in [0.2, 0.25) is 0 Å². The van der Waals surface area contributed by atoms with Gasteiger partial charge in [0, 0.05) is 6.92 Å². The van der Waals surface area contributed by atoms with Gasteiger partial charge in [-0.1, -0.05) is 23.4 Å².